The average molecular weight is 316 g/mol. The van der Waals surface area contributed by atoms with Crippen molar-refractivity contribution in [2.24, 2.45) is 0 Å². The van der Waals surface area contributed by atoms with Crippen LogP contribution in [0.1, 0.15) is 5.56 Å². The van der Waals surface area contributed by atoms with E-state index in [4.69, 9.17) is 0 Å². The van der Waals surface area contributed by atoms with Crippen LogP contribution in [-0.4, -0.2) is 64.2 Å². The van der Waals surface area contributed by atoms with Crippen molar-refractivity contribution in [2.45, 2.75) is 6.54 Å². The van der Waals surface area contributed by atoms with Crippen LogP contribution in [0.5, 0.6) is 0 Å². The van der Waals surface area contributed by atoms with Gasteiger partial charge in [-0.25, -0.2) is 19.3 Å². The lowest BCUT2D eigenvalue weighted by atomic mass is 10.2. The molecular weight excluding hydrogens is 295 g/mol. The molecule has 0 saturated carbocycles. The zero-order valence-electron chi connectivity index (χ0n) is 13.0. The molecule has 3 heterocycles. The van der Waals surface area contributed by atoms with Gasteiger partial charge in [-0.1, -0.05) is 6.07 Å². The lowest BCUT2D eigenvalue weighted by molar-refractivity contribution is 0.121. The smallest absolute Gasteiger partial charge is 0.228 e. The second kappa shape index (κ2) is 7.94. The molecule has 0 bridgehead atoms. The highest BCUT2D eigenvalue weighted by Gasteiger charge is 2.16. The Kier molecular flexibility index (Phi) is 5.44. The van der Waals surface area contributed by atoms with Crippen molar-refractivity contribution in [3.8, 4) is 0 Å². The number of anilines is 2. The summed E-state index contributed by atoms with van der Waals surface area (Å²) in [6.07, 6.45) is 5.25. The van der Waals surface area contributed by atoms with E-state index in [9.17, 15) is 4.39 Å². The van der Waals surface area contributed by atoms with Crippen molar-refractivity contribution >= 4 is 11.8 Å². The second-order valence-corrected chi connectivity index (χ2v) is 5.56. The molecule has 7 heteroatoms. The number of hydrogen-bond donors (Lipinski definition) is 1. The molecule has 0 atom stereocenters. The molecule has 23 heavy (non-hydrogen) atoms. The third-order valence-corrected chi connectivity index (χ3v) is 3.90. The Morgan fingerprint density at radius 3 is 2.39 bits per heavy atom. The zero-order chi connectivity index (χ0) is 15.9. The predicted octanol–water partition coefficient (Wildman–Crippen LogP) is 1.70. The van der Waals surface area contributed by atoms with Crippen LogP contribution in [0.15, 0.2) is 36.8 Å². The van der Waals surface area contributed by atoms with Gasteiger partial charge in [-0.15, -0.1) is 0 Å². The zero-order valence-corrected chi connectivity index (χ0v) is 13.0. The van der Waals surface area contributed by atoms with Gasteiger partial charge in [0.05, 0.1) is 0 Å². The summed E-state index contributed by atoms with van der Waals surface area (Å²) in [6, 6.07) is 5.77. The lowest BCUT2D eigenvalue weighted by Crippen LogP contribution is -2.46. The van der Waals surface area contributed by atoms with Crippen molar-refractivity contribution < 1.29 is 4.39 Å². The number of aromatic nitrogens is 3. The molecule has 2 aromatic heterocycles. The van der Waals surface area contributed by atoms with E-state index >= 15 is 0 Å². The van der Waals surface area contributed by atoms with Gasteiger partial charge < -0.3 is 5.32 Å². The van der Waals surface area contributed by atoms with Gasteiger partial charge in [0.1, 0.15) is 12.5 Å². The van der Waals surface area contributed by atoms with Gasteiger partial charge in [-0.05, 0) is 17.7 Å². The molecule has 1 saturated heterocycles. The van der Waals surface area contributed by atoms with Gasteiger partial charge in [-0.3, -0.25) is 9.80 Å². The van der Waals surface area contributed by atoms with E-state index in [0.717, 1.165) is 38.5 Å². The summed E-state index contributed by atoms with van der Waals surface area (Å²) in [4.78, 5) is 17.2. The molecule has 122 valence electrons. The average Bonchev–Trinajstić information content (AvgIpc) is 2.60. The van der Waals surface area contributed by atoms with Crippen molar-refractivity contribution in [2.75, 3.05) is 44.7 Å². The van der Waals surface area contributed by atoms with Crippen LogP contribution in [0.4, 0.5) is 16.2 Å². The molecule has 0 unspecified atom stereocenters. The third kappa shape index (κ3) is 4.67. The van der Waals surface area contributed by atoms with Crippen LogP contribution >= 0.6 is 0 Å². The number of halogens is 1. The Labute approximate surface area is 135 Å². The van der Waals surface area contributed by atoms with E-state index in [1.807, 2.05) is 12.3 Å². The lowest BCUT2D eigenvalue weighted by Gasteiger charge is -2.34. The fourth-order valence-electron chi connectivity index (χ4n) is 2.62. The second-order valence-electron chi connectivity index (χ2n) is 5.56. The van der Waals surface area contributed by atoms with Crippen molar-refractivity contribution in [3.63, 3.8) is 0 Å². The molecule has 2 aromatic rings. The minimum absolute atomic E-state index is 0.260. The fraction of sp³-hybridized carbons (Fsp3) is 0.438. The molecule has 3 rings (SSSR count). The van der Waals surface area contributed by atoms with E-state index in [2.05, 4.69) is 36.1 Å². The van der Waals surface area contributed by atoms with Crippen LogP contribution in [0.2, 0.25) is 0 Å². The number of rotatable bonds is 6. The Morgan fingerprint density at radius 1 is 1.00 bits per heavy atom. The van der Waals surface area contributed by atoms with Crippen LogP contribution in [0.3, 0.4) is 0 Å². The standard InChI is InChI=1S/C16H21FN6/c17-4-7-22-8-10-23(11-9-22)13-14-2-3-15(20-12-14)21-16-18-5-1-6-19-16/h1-3,5-6,12H,4,7-11,13H2,(H,18,19,20,21). The number of hydrogen-bond acceptors (Lipinski definition) is 6. The number of alkyl halides is 1. The summed E-state index contributed by atoms with van der Waals surface area (Å²) < 4.78 is 12.3. The molecule has 1 aliphatic heterocycles. The first-order valence-electron chi connectivity index (χ1n) is 7.83. The highest BCUT2D eigenvalue weighted by Crippen LogP contribution is 2.12. The molecule has 0 radical (unpaired) electrons. The van der Waals surface area contributed by atoms with Gasteiger partial charge in [0.25, 0.3) is 0 Å². The molecule has 0 aliphatic carbocycles. The molecule has 0 spiro atoms. The van der Waals surface area contributed by atoms with Gasteiger partial charge in [-0.2, -0.15) is 0 Å². The Hall–Kier alpha value is -2.12. The van der Waals surface area contributed by atoms with E-state index in [0.29, 0.717) is 12.5 Å². The normalized spacial score (nSPS) is 16.4. The molecule has 1 aliphatic rings. The molecule has 0 amide bonds. The Morgan fingerprint density at radius 2 is 1.74 bits per heavy atom. The summed E-state index contributed by atoms with van der Waals surface area (Å²) in [6.45, 7) is 4.97. The molecule has 1 N–H and O–H groups in total. The molecule has 1 fully saturated rings. The van der Waals surface area contributed by atoms with Crippen LogP contribution in [0.25, 0.3) is 0 Å². The van der Waals surface area contributed by atoms with Crippen molar-refractivity contribution in [1.82, 2.24) is 24.8 Å². The maximum Gasteiger partial charge on any atom is 0.228 e. The van der Waals surface area contributed by atoms with Crippen molar-refractivity contribution in [3.05, 3.63) is 42.4 Å². The SMILES string of the molecule is FCCN1CCN(Cc2ccc(Nc3ncccn3)nc2)CC1. The summed E-state index contributed by atoms with van der Waals surface area (Å²) in [5.74, 6) is 1.27. The first kappa shape index (κ1) is 15.8. The van der Waals surface area contributed by atoms with E-state index in [-0.39, 0.29) is 6.67 Å². The minimum atomic E-state index is -0.260. The van der Waals surface area contributed by atoms with Crippen molar-refractivity contribution in [1.29, 1.82) is 0 Å². The highest BCUT2D eigenvalue weighted by atomic mass is 19.1. The number of nitrogens with zero attached hydrogens (tertiary/aromatic N) is 5. The van der Waals surface area contributed by atoms with Crippen LogP contribution in [-0.2, 0) is 6.54 Å². The largest absolute Gasteiger partial charge is 0.309 e. The number of nitrogens with one attached hydrogen (secondary N) is 1. The third-order valence-electron chi connectivity index (χ3n) is 3.90. The van der Waals surface area contributed by atoms with E-state index in [1.165, 1.54) is 5.56 Å². The van der Waals surface area contributed by atoms with E-state index in [1.54, 1.807) is 18.5 Å². The Balaban J connectivity index is 1.50. The first-order chi connectivity index (χ1) is 11.3. The van der Waals surface area contributed by atoms with Gasteiger partial charge >= 0.3 is 0 Å². The van der Waals surface area contributed by atoms with E-state index < -0.39 is 0 Å². The maximum absolute atomic E-state index is 12.3. The maximum atomic E-state index is 12.3. The molecular formula is C16H21FN6. The highest BCUT2D eigenvalue weighted by molar-refractivity contribution is 5.47. The van der Waals surface area contributed by atoms with Crippen LogP contribution in [0, 0.1) is 0 Å². The minimum Gasteiger partial charge on any atom is -0.309 e. The summed E-state index contributed by atoms with van der Waals surface area (Å²) >= 11 is 0. The summed E-state index contributed by atoms with van der Waals surface area (Å²) in [5, 5.41) is 3.07. The van der Waals surface area contributed by atoms with Gasteiger partial charge in [0.2, 0.25) is 5.95 Å². The topological polar surface area (TPSA) is 57.2 Å². The monoisotopic (exact) mass is 316 g/mol. The Bertz CT molecular complexity index is 583. The predicted molar refractivity (Wildman–Crippen MR) is 87.2 cm³/mol. The molecule has 0 aromatic carbocycles. The molecule has 6 nitrogen and oxygen atoms in total. The van der Waals surface area contributed by atoms with Crippen LogP contribution < -0.4 is 5.32 Å². The number of pyridine rings is 1. The summed E-state index contributed by atoms with van der Waals surface area (Å²) in [7, 11) is 0. The van der Waals surface area contributed by atoms with Gasteiger partial charge in [0, 0.05) is 57.9 Å². The quantitative estimate of drug-likeness (QED) is 0.875. The number of piperazine rings is 1. The first-order valence-corrected chi connectivity index (χ1v) is 7.83. The van der Waals surface area contributed by atoms with Gasteiger partial charge in [0.15, 0.2) is 0 Å². The fourth-order valence-corrected chi connectivity index (χ4v) is 2.62. The summed E-state index contributed by atoms with van der Waals surface area (Å²) in [5.41, 5.74) is 1.17.